The molecule has 0 aliphatic heterocycles. The van der Waals surface area contributed by atoms with Crippen LogP contribution in [0.25, 0.3) is 0 Å². The van der Waals surface area contributed by atoms with Crippen LogP contribution in [0.15, 0.2) is 18.2 Å². The molecule has 5 nitrogen and oxygen atoms in total. The van der Waals surface area contributed by atoms with Crippen molar-refractivity contribution in [3.63, 3.8) is 0 Å². The summed E-state index contributed by atoms with van der Waals surface area (Å²) in [6.07, 6.45) is 3.43. The van der Waals surface area contributed by atoms with Crippen LogP contribution in [-0.2, 0) is 0 Å². The summed E-state index contributed by atoms with van der Waals surface area (Å²) >= 11 is 0. The molecule has 1 saturated carbocycles. The van der Waals surface area contributed by atoms with Gasteiger partial charge >= 0.3 is 5.69 Å². The van der Waals surface area contributed by atoms with Crippen LogP contribution in [-0.4, -0.2) is 11.0 Å². The zero-order chi connectivity index (χ0) is 12.4. The Morgan fingerprint density at radius 3 is 3.00 bits per heavy atom. The number of hydrogen-bond acceptors (Lipinski definition) is 4. The summed E-state index contributed by atoms with van der Waals surface area (Å²) in [5, 5.41) is 14.2. The zero-order valence-electron chi connectivity index (χ0n) is 9.85. The van der Waals surface area contributed by atoms with Gasteiger partial charge in [0.1, 0.15) is 11.4 Å². The number of para-hydroxylation sites is 1. The maximum absolute atomic E-state index is 10.9. The number of nitro groups is 1. The SMILES string of the molecule is CCCC1CC1Nc1cccc(N)c1[N+](=O)[O-]. The number of anilines is 2. The lowest BCUT2D eigenvalue weighted by Crippen LogP contribution is -2.08. The van der Waals surface area contributed by atoms with E-state index in [9.17, 15) is 10.1 Å². The Kier molecular flexibility index (Phi) is 3.17. The van der Waals surface area contributed by atoms with Gasteiger partial charge in [-0.1, -0.05) is 19.4 Å². The van der Waals surface area contributed by atoms with Gasteiger partial charge in [0, 0.05) is 6.04 Å². The van der Waals surface area contributed by atoms with E-state index in [0.29, 0.717) is 17.6 Å². The average molecular weight is 235 g/mol. The van der Waals surface area contributed by atoms with E-state index in [1.165, 1.54) is 6.42 Å². The largest absolute Gasteiger partial charge is 0.393 e. The Hall–Kier alpha value is -1.78. The topological polar surface area (TPSA) is 81.2 Å². The molecule has 0 aromatic heterocycles. The van der Waals surface area contributed by atoms with Gasteiger partial charge in [-0.3, -0.25) is 10.1 Å². The number of nitro benzene ring substituents is 1. The van der Waals surface area contributed by atoms with Crippen molar-refractivity contribution in [3.05, 3.63) is 28.3 Å². The van der Waals surface area contributed by atoms with Gasteiger partial charge < -0.3 is 11.1 Å². The van der Waals surface area contributed by atoms with Crippen molar-refractivity contribution in [1.29, 1.82) is 0 Å². The fourth-order valence-electron chi connectivity index (χ4n) is 2.20. The predicted octanol–water partition coefficient (Wildman–Crippen LogP) is 2.78. The van der Waals surface area contributed by atoms with Crippen LogP contribution in [0.2, 0.25) is 0 Å². The van der Waals surface area contributed by atoms with Crippen molar-refractivity contribution in [2.24, 2.45) is 5.92 Å². The van der Waals surface area contributed by atoms with Crippen molar-refractivity contribution in [3.8, 4) is 0 Å². The highest BCUT2D eigenvalue weighted by molar-refractivity contribution is 5.74. The number of hydrogen-bond donors (Lipinski definition) is 2. The fraction of sp³-hybridized carbons (Fsp3) is 0.500. The van der Waals surface area contributed by atoms with Crippen LogP contribution in [0.4, 0.5) is 17.1 Å². The third-order valence-corrected chi connectivity index (χ3v) is 3.17. The molecular weight excluding hydrogens is 218 g/mol. The molecule has 92 valence electrons. The molecule has 1 aliphatic rings. The lowest BCUT2D eigenvalue weighted by atomic mass is 10.2. The van der Waals surface area contributed by atoms with Gasteiger partial charge in [0.25, 0.3) is 0 Å². The van der Waals surface area contributed by atoms with Crippen LogP contribution < -0.4 is 11.1 Å². The van der Waals surface area contributed by atoms with Gasteiger partial charge in [0.2, 0.25) is 0 Å². The Labute approximate surface area is 100 Å². The molecule has 0 saturated heterocycles. The summed E-state index contributed by atoms with van der Waals surface area (Å²) in [7, 11) is 0. The molecule has 1 aliphatic carbocycles. The second-order valence-corrected chi connectivity index (χ2v) is 4.54. The van der Waals surface area contributed by atoms with E-state index in [4.69, 9.17) is 5.73 Å². The van der Waals surface area contributed by atoms with Crippen molar-refractivity contribution in [1.82, 2.24) is 0 Å². The van der Waals surface area contributed by atoms with E-state index in [2.05, 4.69) is 12.2 Å². The number of nitrogens with two attached hydrogens (primary N) is 1. The minimum atomic E-state index is -0.422. The van der Waals surface area contributed by atoms with Crippen LogP contribution >= 0.6 is 0 Å². The van der Waals surface area contributed by atoms with Gasteiger partial charge in [-0.2, -0.15) is 0 Å². The molecule has 5 heteroatoms. The van der Waals surface area contributed by atoms with Crippen LogP contribution in [0, 0.1) is 16.0 Å². The summed E-state index contributed by atoms with van der Waals surface area (Å²) in [6, 6.07) is 5.38. The lowest BCUT2D eigenvalue weighted by molar-refractivity contribution is -0.383. The number of nitrogens with one attached hydrogen (secondary N) is 1. The minimum absolute atomic E-state index is 0.00496. The standard InChI is InChI=1S/C12H17N3O2/c1-2-4-8-7-11(8)14-10-6-3-5-9(13)12(10)15(16)17/h3,5-6,8,11,14H,2,4,7,13H2,1H3. The quantitative estimate of drug-likeness (QED) is 0.467. The number of benzene rings is 1. The third-order valence-electron chi connectivity index (χ3n) is 3.17. The van der Waals surface area contributed by atoms with E-state index < -0.39 is 4.92 Å². The maximum Gasteiger partial charge on any atom is 0.314 e. The summed E-state index contributed by atoms with van der Waals surface area (Å²) in [5.41, 5.74) is 6.38. The molecule has 2 rings (SSSR count). The van der Waals surface area contributed by atoms with Crippen LogP contribution in [0.1, 0.15) is 26.2 Å². The van der Waals surface area contributed by atoms with E-state index in [-0.39, 0.29) is 11.4 Å². The zero-order valence-corrected chi connectivity index (χ0v) is 9.85. The summed E-state index contributed by atoms with van der Waals surface area (Å²) < 4.78 is 0. The third kappa shape index (κ3) is 2.49. The normalized spacial score (nSPS) is 22.2. The van der Waals surface area contributed by atoms with E-state index in [0.717, 1.165) is 12.8 Å². The molecule has 0 radical (unpaired) electrons. The van der Waals surface area contributed by atoms with Gasteiger partial charge in [0.05, 0.1) is 4.92 Å². The molecule has 3 N–H and O–H groups in total. The van der Waals surface area contributed by atoms with Crippen molar-refractivity contribution in [2.45, 2.75) is 32.2 Å². The van der Waals surface area contributed by atoms with E-state index >= 15 is 0 Å². The number of rotatable bonds is 5. The summed E-state index contributed by atoms with van der Waals surface area (Å²) in [5.74, 6) is 0.654. The molecule has 0 bridgehead atoms. The summed E-state index contributed by atoms with van der Waals surface area (Å²) in [6.45, 7) is 2.15. The van der Waals surface area contributed by atoms with E-state index in [1.807, 2.05) is 0 Å². The van der Waals surface area contributed by atoms with Gasteiger partial charge in [-0.05, 0) is 30.9 Å². The first-order chi connectivity index (χ1) is 8.13. The second-order valence-electron chi connectivity index (χ2n) is 4.54. The Morgan fingerprint density at radius 1 is 1.59 bits per heavy atom. The van der Waals surface area contributed by atoms with Crippen molar-refractivity contribution >= 4 is 17.1 Å². The van der Waals surface area contributed by atoms with Gasteiger partial charge in [-0.15, -0.1) is 0 Å². The first kappa shape index (κ1) is 11.7. The van der Waals surface area contributed by atoms with Gasteiger partial charge in [0.15, 0.2) is 0 Å². The molecule has 0 amide bonds. The molecule has 17 heavy (non-hydrogen) atoms. The van der Waals surface area contributed by atoms with Crippen LogP contribution in [0.5, 0.6) is 0 Å². The molecule has 2 unspecified atom stereocenters. The van der Waals surface area contributed by atoms with Crippen molar-refractivity contribution < 1.29 is 4.92 Å². The molecule has 2 atom stereocenters. The molecule has 0 spiro atoms. The molecular formula is C12H17N3O2. The number of nitrogens with zero attached hydrogens (tertiary/aromatic N) is 1. The molecule has 1 aromatic rings. The Morgan fingerprint density at radius 2 is 2.35 bits per heavy atom. The number of nitrogen functional groups attached to an aromatic ring is 1. The highest BCUT2D eigenvalue weighted by Crippen LogP contribution is 2.40. The van der Waals surface area contributed by atoms with Crippen molar-refractivity contribution in [2.75, 3.05) is 11.1 Å². The summed E-state index contributed by atoms with van der Waals surface area (Å²) in [4.78, 5) is 10.5. The lowest BCUT2D eigenvalue weighted by Gasteiger charge is -2.07. The van der Waals surface area contributed by atoms with E-state index in [1.54, 1.807) is 18.2 Å². The van der Waals surface area contributed by atoms with Crippen LogP contribution in [0.3, 0.4) is 0 Å². The predicted molar refractivity (Wildman–Crippen MR) is 67.9 cm³/mol. The fourth-order valence-corrected chi connectivity index (χ4v) is 2.20. The highest BCUT2D eigenvalue weighted by Gasteiger charge is 2.37. The molecule has 1 fully saturated rings. The smallest absolute Gasteiger partial charge is 0.314 e. The second kappa shape index (κ2) is 4.61. The molecule has 0 heterocycles. The first-order valence-electron chi connectivity index (χ1n) is 5.93. The Balaban J connectivity index is 2.11. The molecule has 1 aromatic carbocycles. The average Bonchev–Trinajstić information content (AvgIpc) is 2.96. The monoisotopic (exact) mass is 235 g/mol. The first-order valence-corrected chi connectivity index (χ1v) is 5.93. The maximum atomic E-state index is 10.9. The highest BCUT2D eigenvalue weighted by atomic mass is 16.6. The minimum Gasteiger partial charge on any atom is -0.393 e. The Bertz CT molecular complexity index is 434. The van der Waals surface area contributed by atoms with Gasteiger partial charge in [-0.25, -0.2) is 0 Å².